The molecule has 1 aromatic heterocycles. The first-order valence-corrected chi connectivity index (χ1v) is 11.2. The largest absolute Gasteiger partial charge is 0.324 e. The highest BCUT2D eigenvalue weighted by Gasteiger charge is 2.28. The smallest absolute Gasteiger partial charge is 0.321 e. The van der Waals surface area contributed by atoms with E-state index < -0.39 is 0 Å². The molecule has 7 nitrogen and oxygen atoms in total. The summed E-state index contributed by atoms with van der Waals surface area (Å²) < 4.78 is 0. The molecule has 9 heteroatoms. The molecule has 0 radical (unpaired) electrons. The molecular weight excluding hydrogens is 434 g/mol. The number of likely N-dealkylation sites (tertiary alicyclic amines) is 1. The molecule has 1 unspecified atom stereocenters. The van der Waals surface area contributed by atoms with Crippen LogP contribution < -0.4 is 10.6 Å². The van der Waals surface area contributed by atoms with Crippen LogP contribution in [0, 0.1) is 6.92 Å². The van der Waals surface area contributed by atoms with Crippen LogP contribution in [0.25, 0.3) is 0 Å². The van der Waals surface area contributed by atoms with Gasteiger partial charge in [-0.2, -0.15) is 0 Å². The summed E-state index contributed by atoms with van der Waals surface area (Å²) in [6, 6.07) is 14.5. The number of halogens is 1. The van der Waals surface area contributed by atoms with Crippen LogP contribution in [-0.4, -0.2) is 40.1 Å². The van der Waals surface area contributed by atoms with Crippen molar-refractivity contribution >= 4 is 46.3 Å². The minimum Gasteiger partial charge on any atom is -0.324 e. The minimum atomic E-state index is -0.276. The lowest BCUT2D eigenvalue weighted by molar-refractivity contribution is 0.102. The van der Waals surface area contributed by atoms with Crippen LogP contribution in [0.3, 0.4) is 0 Å². The van der Waals surface area contributed by atoms with Crippen LogP contribution in [0.5, 0.6) is 0 Å². The zero-order valence-electron chi connectivity index (χ0n) is 17.0. The number of nitrogens with zero attached hydrogens (tertiary/aromatic N) is 3. The average Bonchev–Trinajstić information content (AvgIpc) is 3.28. The van der Waals surface area contributed by atoms with Gasteiger partial charge in [-0.1, -0.05) is 53.3 Å². The third-order valence-corrected chi connectivity index (χ3v) is 6.62. The number of aryl methyl sites for hydroxylation is 1. The number of anilines is 2. The van der Waals surface area contributed by atoms with Crippen molar-refractivity contribution < 1.29 is 9.59 Å². The predicted octanol–water partition coefficient (Wildman–Crippen LogP) is 5.16. The third-order valence-electron chi connectivity index (χ3n) is 5.20. The highest BCUT2D eigenvalue weighted by Crippen LogP contribution is 2.30. The molecule has 3 aromatic rings. The van der Waals surface area contributed by atoms with Crippen molar-refractivity contribution in [1.29, 1.82) is 0 Å². The fourth-order valence-corrected chi connectivity index (χ4v) is 4.55. The second-order valence-corrected chi connectivity index (χ2v) is 8.83. The summed E-state index contributed by atoms with van der Waals surface area (Å²) in [7, 11) is 0. The molecule has 2 heterocycles. The van der Waals surface area contributed by atoms with E-state index >= 15 is 0 Å². The molecule has 0 saturated carbocycles. The Balaban J connectivity index is 1.40. The number of urea groups is 1. The standard InChI is InChI=1S/C22H22ClN5O2S/c1-14-7-2-4-10-17(14)24-19(29)21-27-26-20(31-21)15-8-6-12-28(13-15)22(30)25-18-11-5-3-9-16(18)23/h2-5,7,9-11,15H,6,8,12-13H2,1H3,(H,24,29)(H,25,30). The van der Waals surface area contributed by atoms with Gasteiger partial charge in [0.25, 0.3) is 5.91 Å². The van der Waals surface area contributed by atoms with E-state index in [1.165, 1.54) is 11.3 Å². The first-order chi connectivity index (χ1) is 15.0. The van der Waals surface area contributed by atoms with Gasteiger partial charge in [0.1, 0.15) is 5.01 Å². The Labute approximate surface area is 189 Å². The van der Waals surface area contributed by atoms with E-state index in [0.717, 1.165) is 29.1 Å². The number of rotatable bonds is 4. The van der Waals surface area contributed by atoms with Crippen molar-refractivity contribution in [2.24, 2.45) is 0 Å². The lowest BCUT2D eigenvalue weighted by atomic mass is 9.99. The Morgan fingerprint density at radius 3 is 2.58 bits per heavy atom. The van der Waals surface area contributed by atoms with Crippen molar-refractivity contribution in [1.82, 2.24) is 15.1 Å². The van der Waals surface area contributed by atoms with E-state index in [1.807, 2.05) is 43.3 Å². The molecule has 0 aliphatic carbocycles. The number of para-hydroxylation sites is 2. The number of carbonyl (C=O) groups excluding carboxylic acids is 2. The lowest BCUT2D eigenvalue weighted by Gasteiger charge is -2.31. The Hall–Kier alpha value is -2.97. The van der Waals surface area contributed by atoms with Crippen LogP contribution in [-0.2, 0) is 0 Å². The molecule has 3 amide bonds. The summed E-state index contributed by atoms with van der Waals surface area (Å²) in [5.74, 6) is -0.231. The van der Waals surface area contributed by atoms with Gasteiger partial charge in [-0.05, 0) is 43.5 Å². The number of nitrogens with one attached hydrogen (secondary N) is 2. The van der Waals surface area contributed by atoms with Gasteiger partial charge in [0.2, 0.25) is 5.01 Å². The van der Waals surface area contributed by atoms with Gasteiger partial charge in [0.15, 0.2) is 0 Å². The molecule has 2 N–H and O–H groups in total. The Morgan fingerprint density at radius 2 is 1.81 bits per heavy atom. The zero-order valence-corrected chi connectivity index (χ0v) is 18.5. The number of carbonyl (C=O) groups is 2. The van der Waals surface area contributed by atoms with Gasteiger partial charge in [-0.15, -0.1) is 10.2 Å². The third kappa shape index (κ3) is 5.03. The number of piperidine rings is 1. The van der Waals surface area contributed by atoms with Gasteiger partial charge >= 0.3 is 6.03 Å². The maximum absolute atomic E-state index is 12.7. The topological polar surface area (TPSA) is 87.2 Å². The first-order valence-electron chi connectivity index (χ1n) is 10.0. The molecule has 0 bridgehead atoms. The van der Waals surface area contributed by atoms with E-state index in [4.69, 9.17) is 11.6 Å². The zero-order chi connectivity index (χ0) is 21.8. The van der Waals surface area contributed by atoms with E-state index in [1.54, 1.807) is 17.0 Å². The molecule has 1 aliphatic rings. The summed E-state index contributed by atoms with van der Waals surface area (Å²) in [5, 5.41) is 15.7. The van der Waals surface area contributed by atoms with Gasteiger partial charge in [0.05, 0.1) is 10.7 Å². The predicted molar refractivity (Wildman–Crippen MR) is 123 cm³/mol. The minimum absolute atomic E-state index is 0.0447. The quantitative estimate of drug-likeness (QED) is 0.568. The summed E-state index contributed by atoms with van der Waals surface area (Å²) in [6.07, 6.45) is 1.74. The second kappa shape index (κ2) is 9.45. The van der Waals surface area contributed by atoms with Crippen molar-refractivity contribution in [2.75, 3.05) is 23.7 Å². The summed E-state index contributed by atoms with van der Waals surface area (Å²) in [6.45, 7) is 3.11. The van der Waals surface area contributed by atoms with Crippen LogP contribution in [0.1, 0.15) is 39.1 Å². The fourth-order valence-electron chi connectivity index (χ4n) is 3.50. The number of amides is 3. The Morgan fingerprint density at radius 1 is 1.06 bits per heavy atom. The molecular formula is C22H22ClN5O2S. The SMILES string of the molecule is Cc1ccccc1NC(=O)c1nnc(C2CCCN(C(=O)Nc3ccccc3Cl)C2)s1. The van der Waals surface area contributed by atoms with Gasteiger partial charge in [0, 0.05) is 24.7 Å². The molecule has 160 valence electrons. The molecule has 4 rings (SSSR count). The first kappa shape index (κ1) is 21.3. The van der Waals surface area contributed by atoms with Crippen LogP contribution in [0.2, 0.25) is 5.02 Å². The molecule has 2 aromatic carbocycles. The van der Waals surface area contributed by atoms with Crippen LogP contribution in [0.4, 0.5) is 16.2 Å². The Bertz CT molecular complexity index is 1100. The van der Waals surface area contributed by atoms with Crippen molar-refractivity contribution in [3.63, 3.8) is 0 Å². The highest BCUT2D eigenvalue weighted by atomic mass is 35.5. The monoisotopic (exact) mass is 455 g/mol. The fraction of sp³-hybridized carbons (Fsp3) is 0.273. The van der Waals surface area contributed by atoms with Crippen LogP contribution >= 0.6 is 22.9 Å². The summed E-state index contributed by atoms with van der Waals surface area (Å²) in [4.78, 5) is 27.0. The lowest BCUT2D eigenvalue weighted by Crippen LogP contribution is -2.41. The molecule has 31 heavy (non-hydrogen) atoms. The Kier molecular flexibility index (Phi) is 6.48. The molecule has 0 spiro atoms. The van der Waals surface area contributed by atoms with Gasteiger partial charge < -0.3 is 15.5 Å². The second-order valence-electron chi connectivity index (χ2n) is 7.41. The normalized spacial score (nSPS) is 16.1. The van der Waals surface area contributed by atoms with E-state index in [9.17, 15) is 9.59 Å². The maximum atomic E-state index is 12.7. The van der Waals surface area contributed by atoms with Crippen LogP contribution in [0.15, 0.2) is 48.5 Å². The van der Waals surface area contributed by atoms with Crippen molar-refractivity contribution in [3.05, 3.63) is 69.1 Å². The van der Waals surface area contributed by atoms with E-state index in [-0.39, 0.29) is 17.9 Å². The van der Waals surface area contributed by atoms with Gasteiger partial charge in [-0.3, -0.25) is 4.79 Å². The number of aromatic nitrogens is 2. The maximum Gasteiger partial charge on any atom is 0.321 e. The van der Waals surface area contributed by atoms with Gasteiger partial charge in [-0.25, -0.2) is 4.79 Å². The molecule has 1 saturated heterocycles. The van der Waals surface area contributed by atoms with Crippen molar-refractivity contribution in [3.8, 4) is 0 Å². The molecule has 1 aliphatic heterocycles. The van der Waals surface area contributed by atoms with Crippen molar-refractivity contribution in [2.45, 2.75) is 25.7 Å². The highest BCUT2D eigenvalue weighted by molar-refractivity contribution is 7.13. The van der Waals surface area contributed by atoms with E-state index in [0.29, 0.717) is 28.8 Å². The average molecular weight is 456 g/mol. The molecule has 1 atom stereocenters. The molecule has 1 fully saturated rings. The summed E-state index contributed by atoms with van der Waals surface area (Å²) in [5.41, 5.74) is 2.32. The number of hydrogen-bond donors (Lipinski definition) is 2. The number of benzene rings is 2. The number of hydrogen-bond acceptors (Lipinski definition) is 5. The van der Waals surface area contributed by atoms with E-state index in [2.05, 4.69) is 20.8 Å². The summed E-state index contributed by atoms with van der Waals surface area (Å²) >= 11 is 7.42.